The molecule has 1 aromatic rings. The fraction of sp³-hybridized carbons (Fsp3) is 0.588. The minimum Gasteiger partial charge on any atom is -0.373 e. The van der Waals surface area contributed by atoms with Gasteiger partial charge < -0.3 is 9.53 Å². The minimum atomic E-state index is -0.0229. The summed E-state index contributed by atoms with van der Waals surface area (Å²) in [7, 11) is 0. The maximum absolute atomic E-state index is 11.2. The monoisotopic (exact) mass is 338 g/mol. The number of hydrogen-bond donors (Lipinski definition) is 0. The topological polar surface area (TPSA) is 26.3 Å². The molecule has 0 bridgehead atoms. The average molecular weight is 339 g/mol. The highest BCUT2D eigenvalue weighted by Crippen LogP contribution is 2.31. The van der Waals surface area contributed by atoms with E-state index >= 15 is 0 Å². The highest BCUT2D eigenvalue weighted by atomic mass is 79.9. The molecule has 0 saturated heterocycles. The van der Waals surface area contributed by atoms with Gasteiger partial charge in [-0.2, -0.15) is 0 Å². The second-order valence-corrected chi connectivity index (χ2v) is 6.71. The summed E-state index contributed by atoms with van der Waals surface area (Å²) in [5, 5.41) is 0. The summed E-state index contributed by atoms with van der Waals surface area (Å²) >= 11 is 3.48. The van der Waals surface area contributed by atoms with E-state index in [-0.39, 0.29) is 12.0 Å². The molecule has 1 fully saturated rings. The molecule has 0 aliphatic heterocycles. The van der Waals surface area contributed by atoms with Crippen molar-refractivity contribution in [2.45, 2.75) is 51.7 Å². The summed E-state index contributed by atoms with van der Waals surface area (Å²) in [5.41, 5.74) is 1.15. The van der Waals surface area contributed by atoms with Gasteiger partial charge in [0, 0.05) is 10.4 Å². The molecular weight excluding hydrogens is 316 g/mol. The van der Waals surface area contributed by atoms with Crippen molar-refractivity contribution >= 4 is 22.2 Å². The maximum Gasteiger partial charge on any atom is 0.125 e. The lowest BCUT2D eigenvalue weighted by Crippen LogP contribution is -2.32. The number of carbonyl (C=O) groups is 1. The first-order valence-corrected chi connectivity index (χ1v) is 8.31. The van der Waals surface area contributed by atoms with Crippen molar-refractivity contribution < 1.29 is 9.53 Å². The van der Waals surface area contributed by atoms with Gasteiger partial charge in [0.2, 0.25) is 0 Å². The van der Waals surface area contributed by atoms with Gasteiger partial charge >= 0.3 is 0 Å². The molecule has 2 rings (SSSR count). The Morgan fingerprint density at radius 3 is 2.75 bits per heavy atom. The Labute approximate surface area is 130 Å². The van der Waals surface area contributed by atoms with E-state index in [1.54, 1.807) is 0 Å². The lowest BCUT2D eigenvalue weighted by molar-refractivity contribution is -0.119. The molecule has 0 unspecified atom stereocenters. The van der Waals surface area contributed by atoms with Crippen molar-refractivity contribution in [1.29, 1.82) is 0 Å². The first-order chi connectivity index (χ1) is 9.70. The lowest BCUT2D eigenvalue weighted by Gasteiger charge is -2.32. The molecule has 1 aliphatic rings. The predicted molar refractivity (Wildman–Crippen MR) is 84.5 cm³/mol. The zero-order valence-corrected chi connectivity index (χ0v) is 13.6. The van der Waals surface area contributed by atoms with E-state index < -0.39 is 0 Å². The lowest BCUT2D eigenvalue weighted by atomic mass is 9.81. The van der Waals surface area contributed by atoms with Gasteiger partial charge in [-0.05, 0) is 36.5 Å². The van der Waals surface area contributed by atoms with E-state index in [0.717, 1.165) is 16.3 Å². The number of carbonyl (C=O) groups excluding carboxylic acids is 1. The molecule has 0 spiro atoms. The molecule has 0 amide bonds. The van der Waals surface area contributed by atoms with E-state index in [0.29, 0.717) is 12.5 Å². The van der Waals surface area contributed by atoms with Crippen LogP contribution in [0.1, 0.15) is 44.6 Å². The molecule has 1 aliphatic carbocycles. The third kappa shape index (κ3) is 4.42. The molecule has 1 aromatic carbocycles. The standard InChI is InChI=1S/C17H23BrO2/c1-13(11-19)17(15-7-3-2-4-8-15)20-12-14-6-5-9-16(18)10-14/h5-6,9-11,13,15,17H,2-4,7-8,12H2,1H3/t13-,17+/m0/s1. The number of aldehydes is 1. The molecule has 1 saturated carbocycles. The van der Waals surface area contributed by atoms with Gasteiger partial charge in [-0.15, -0.1) is 0 Å². The summed E-state index contributed by atoms with van der Waals surface area (Å²) in [6.07, 6.45) is 7.36. The van der Waals surface area contributed by atoms with Gasteiger partial charge in [-0.1, -0.05) is 54.2 Å². The number of ether oxygens (including phenoxy) is 1. The van der Waals surface area contributed by atoms with Gasteiger partial charge in [-0.25, -0.2) is 0 Å². The molecule has 0 heterocycles. The van der Waals surface area contributed by atoms with Crippen LogP contribution in [0.15, 0.2) is 28.7 Å². The molecule has 0 radical (unpaired) electrons. The second-order valence-electron chi connectivity index (χ2n) is 5.80. The third-order valence-corrected chi connectivity index (χ3v) is 4.67. The predicted octanol–water partition coefficient (Wildman–Crippen LogP) is 4.75. The van der Waals surface area contributed by atoms with Crippen LogP contribution in [-0.4, -0.2) is 12.4 Å². The van der Waals surface area contributed by atoms with Crippen LogP contribution < -0.4 is 0 Å². The number of benzene rings is 1. The van der Waals surface area contributed by atoms with Crippen LogP contribution >= 0.6 is 15.9 Å². The zero-order valence-electron chi connectivity index (χ0n) is 12.1. The van der Waals surface area contributed by atoms with Gasteiger partial charge in [0.25, 0.3) is 0 Å². The van der Waals surface area contributed by atoms with Crippen LogP contribution in [0.5, 0.6) is 0 Å². The van der Waals surface area contributed by atoms with Crippen LogP contribution in [0.25, 0.3) is 0 Å². The van der Waals surface area contributed by atoms with Crippen LogP contribution in [-0.2, 0) is 16.1 Å². The second kappa shape index (κ2) is 7.94. The SMILES string of the molecule is C[C@@H](C=O)[C@@H](OCc1cccc(Br)c1)C1CCCCC1. The third-order valence-electron chi connectivity index (χ3n) is 4.18. The summed E-state index contributed by atoms with van der Waals surface area (Å²) in [5.74, 6) is 0.515. The maximum atomic E-state index is 11.2. The highest BCUT2D eigenvalue weighted by Gasteiger charge is 2.28. The molecule has 0 aromatic heterocycles. The summed E-state index contributed by atoms with van der Waals surface area (Å²) in [4.78, 5) is 11.2. The highest BCUT2D eigenvalue weighted by molar-refractivity contribution is 9.10. The summed E-state index contributed by atoms with van der Waals surface area (Å²) in [6.45, 7) is 2.56. The first kappa shape index (κ1) is 15.7. The first-order valence-electron chi connectivity index (χ1n) is 7.52. The Bertz CT molecular complexity index is 427. The molecule has 2 atom stereocenters. The quantitative estimate of drug-likeness (QED) is 0.699. The Morgan fingerprint density at radius 2 is 2.10 bits per heavy atom. The van der Waals surface area contributed by atoms with Crippen molar-refractivity contribution in [3.05, 3.63) is 34.3 Å². The van der Waals surface area contributed by atoms with E-state index in [2.05, 4.69) is 28.1 Å². The van der Waals surface area contributed by atoms with Crippen LogP contribution in [0, 0.1) is 11.8 Å². The Balaban J connectivity index is 1.98. The molecule has 110 valence electrons. The van der Waals surface area contributed by atoms with Crippen molar-refractivity contribution in [2.24, 2.45) is 11.8 Å². The van der Waals surface area contributed by atoms with E-state index in [9.17, 15) is 4.79 Å². The average Bonchev–Trinajstić information content (AvgIpc) is 2.48. The van der Waals surface area contributed by atoms with Crippen molar-refractivity contribution in [1.82, 2.24) is 0 Å². The van der Waals surface area contributed by atoms with Gasteiger partial charge in [0.1, 0.15) is 6.29 Å². The van der Waals surface area contributed by atoms with Crippen LogP contribution in [0.3, 0.4) is 0 Å². The largest absolute Gasteiger partial charge is 0.373 e. The zero-order chi connectivity index (χ0) is 14.4. The number of hydrogen-bond acceptors (Lipinski definition) is 2. The molecular formula is C17H23BrO2. The fourth-order valence-corrected chi connectivity index (χ4v) is 3.52. The Kier molecular flexibility index (Phi) is 6.24. The fourth-order valence-electron chi connectivity index (χ4n) is 3.08. The van der Waals surface area contributed by atoms with Gasteiger partial charge in [-0.3, -0.25) is 0 Å². The molecule has 20 heavy (non-hydrogen) atoms. The van der Waals surface area contributed by atoms with Gasteiger partial charge in [0.15, 0.2) is 0 Å². The molecule has 2 nitrogen and oxygen atoms in total. The van der Waals surface area contributed by atoms with E-state index in [1.165, 1.54) is 32.1 Å². The van der Waals surface area contributed by atoms with E-state index in [4.69, 9.17) is 4.74 Å². The summed E-state index contributed by atoms with van der Waals surface area (Å²) < 4.78 is 7.19. The Morgan fingerprint density at radius 1 is 1.35 bits per heavy atom. The minimum absolute atomic E-state index is 0.0229. The molecule has 3 heteroatoms. The number of halogens is 1. The molecule has 0 N–H and O–H groups in total. The van der Waals surface area contributed by atoms with E-state index in [1.807, 2.05) is 19.1 Å². The smallest absolute Gasteiger partial charge is 0.125 e. The Hall–Kier alpha value is -0.670. The van der Waals surface area contributed by atoms with Crippen molar-refractivity contribution in [3.63, 3.8) is 0 Å². The van der Waals surface area contributed by atoms with Gasteiger partial charge in [0.05, 0.1) is 12.7 Å². The number of rotatable bonds is 6. The summed E-state index contributed by atoms with van der Waals surface area (Å²) in [6, 6.07) is 8.16. The normalized spacial score (nSPS) is 19.5. The van der Waals surface area contributed by atoms with Crippen LogP contribution in [0.2, 0.25) is 0 Å². The van der Waals surface area contributed by atoms with Crippen molar-refractivity contribution in [2.75, 3.05) is 0 Å². The van der Waals surface area contributed by atoms with Crippen molar-refractivity contribution in [3.8, 4) is 0 Å². The van der Waals surface area contributed by atoms with Crippen LogP contribution in [0.4, 0.5) is 0 Å².